The van der Waals surface area contributed by atoms with Crippen LogP contribution in [0.25, 0.3) is 0 Å². The number of rotatable bonds is 4. The molecule has 0 saturated heterocycles. The molecular weight excluding hydrogens is 367 g/mol. The van der Waals surface area contributed by atoms with Crippen LogP contribution in [0.4, 0.5) is 19.0 Å². The number of alkyl halides is 3. The Morgan fingerprint density at radius 1 is 1.27 bits per heavy atom. The van der Waals surface area contributed by atoms with Gasteiger partial charge in [0.2, 0.25) is 5.91 Å². The van der Waals surface area contributed by atoms with Crippen molar-refractivity contribution >= 4 is 23.5 Å². The zero-order valence-corrected chi connectivity index (χ0v) is 14.6. The van der Waals surface area contributed by atoms with Crippen LogP contribution in [-0.4, -0.2) is 21.6 Å². The Kier molecular flexibility index (Phi) is 5.08. The molecule has 138 valence electrons. The zero-order chi connectivity index (χ0) is 18.9. The number of nitrogens with zero attached hydrogens (tertiary/aromatic N) is 1. The van der Waals surface area contributed by atoms with E-state index < -0.39 is 29.1 Å². The molecule has 0 spiro atoms. The summed E-state index contributed by atoms with van der Waals surface area (Å²) in [6.07, 6.45) is -3.96. The molecular formula is C17H16F3N3O2S. The Balaban J connectivity index is 2.14. The third kappa shape index (κ3) is 3.62. The monoisotopic (exact) mass is 383 g/mol. The summed E-state index contributed by atoms with van der Waals surface area (Å²) < 4.78 is 40.1. The highest BCUT2D eigenvalue weighted by Gasteiger charge is 2.39. The van der Waals surface area contributed by atoms with Gasteiger partial charge in [-0.05, 0) is 18.1 Å². The maximum atomic E-state index is 13.4. The largest absolute Gasteiger partial charge is 0.416 e. The summed E-state index contributed by atoms with van der Waals surface area (Å²) in [5.74, 6) is -0.719. The van der Waals surface area contributed by atoms with Crippen LogP contribution in [0.1, 0.15) is 42.4 Å². The lowest BCUT2D eigenvalue weighted by atomic mass is 9.84. The fraction of sp³-hybridized carbons (Fsp3) is 0.353. The van der Waals surface area contributed by atoms with E-state index in [9.17, 15) is 22.8 Å². The molecule has 0 saturated carbocycles. The van der Waals surface area contributed by atoms with Crippen molar-refractivity contribution in [3.8, 4) is 0 Å². The molecule has 0 aliphatic carbocycles. The van der Waals surface area contributed by atoms with Crippen molar-refractivity contribution in [1.82, 2.24) is 9.97 Å². The first-order valence-corrected chi connectivity index (χ1v) is 9.02. The molecule has 1 amide bonds. The second-order valence-corrected chi connectivity index (χ2v) is 6.96. The molecule has 1 aliphatic heterocycles. The number of fused-ring (bicyclic) bond motifs is 1. The fourth-order valence-electron chi connectivity index (χ4n) is 2.94. The number of aromatic nitrogens is 2. The van der Waals surface area contributed by atoms with Crippen LogP contribution < -0.4 is 10.9 Å². The smallest absolute Gasteiger partial charge is 0.310 e. The SMILES string of the molecule is CCCSc1nc2c(c(=O)[nH]1)[C@@H](c1ccccc1C(F)(F)F)CC(=O)N2. The normalized spacial score (nSPS) is 16.9. The van der Waals surface area contributed by atoms with Gasteiger partial charge in [0.15, 0.2) is 5.16 Å². The van der Waals surface area contributed by atoms with Crippen LogP contribution in [-0.2, 0) is 11.0 Å². The van der Waals surface area contributed by atoms with Gasteiger partial charge in [0.25, 0.3) is 5.56 Å². The van der Waals surface area contributed by atoms with Crippen LogP contribution >= 0.6 is 11.8 Å². The van der Waals surface area contributed by atoms with Gasteiger partial charge in [0.1, 0.15) is 5.82 Å². The van der Waals surface area contributed by atoms with Crippen molar-refractivity contribution in [1.29, 1.82) is 0 Å². The average molecular weight is 383 g/mol. The number of benzene rings is 1. The van der Waals surface area contributed by atoms with Gasteiger partial charge in [-0.25, -0.2) is 4.98 Å². The summed E-state index contributed by atoms with van der Waals surface area (Å²) in [7, 11) is 0. The molecule has 0 unspecified atom stereocenters. The van der Waals surface area contributed by atoms with E-state index in [1.165, 1.54) is 30.0 Å². The number of amides is 1. The van der Waals surface area contributed by atoms with Gasteiger partial charge < -0.3 is 10.3 Å². The minimum absolute atomic E-state index is 0.0329. The lowest BCUT2D eigenvalue weighted by Crippen LogP contribution is -2.32. The number of halogens is 3. The van der Waals surface area contributed by atoms with Crippen LogP contribution in [0.15, 0.2) is 34.2 Å². The lowest BCUT2D eigenvalue weighted by molar-refractivity contribution is -0.138. The van der Waals surface area contributed by atoms with Crippen LogP contribution in [0, 0.1) is 0 Å². The van der Waals surface area contributed by atoms with E-state index in [4.69, 9.17) is 0 Å². The van der Waals surface area contributed by atoms with Crippen LogP contribution in [0.3, 0.4) is 0 Å². The highest BCUT2D eigenvalue weighted by atomic mass is 32.2. The second-order valence-electron chi connectivity index (χ2n) is 5.87. The molecule has 2 N–H and O–H groups in total. The molecule has 0 bridgehead atoms. The number of carbonyl (C=O) groups is 1. The highest BCUT2D eigenvalue weighted by Crippen LogP contribution is 2.41. The number of aromatic amines is 1. The highest BCUT2D eigenvalue weighted by molar-refractivity contribution is 7.99. The average Bonchev–Trinajstić information content (AvgIpc) is 2.58. The van der Waals surface area contributed by atoms with E-state index in [0.717, 1.165) is 18.2 Å². The molecule has 1 aliphatic rings. The first kappa shape index (κ1) is 18.5. The van der Waals surface area contributed by atoms with Gasteiger partial charge in [0.05, 0.1) is 11.1 Å². The molecule has 26 heavy (non-hydrogen) atoms. The van der Waals surface area contributed by atoms with Crippen molar-refractivity contribution in [3.05, 3.63) is 51.3 Å². The molecule has 2 aromatic rings. The van der Waals surface area contributed by atoms with E-state index in [2.05, 4.69) is 15.3 Å². The molecule has 9 heteroatoms. The van der Waals surface area contributed by atoms with Crippen molar-refractivity contribution < 1.29 is 18.0 Å². The Hall–Kier alpha value is -2.29. The topological polar surface area (TPSA) is 74.8 Å². The fourth-order valence-corrected chi connectivity index (χ4v) is 3.66. The standard InChI is InChI=1S/C17H16F3N3O2S/c1-2-7-26-16-22-14-13(15(25)23-16)10(8-12(24)21-14)9-5-3-4-6-11(9)17(18,19)20/h3-6,10H,2,7-8H2,1H3,(H2,21,22,23,24,25)/t10-/m1/s1. The summed E-state index contributed by atoms with van der Waals surface area (Å²) in [5.41, 5.74) is -1.43. The summed E-state index contributed by atoms with van der Waals surface area (Å²) in [6.45, 7) is 1.97. The van der Waals surface area contributed by atoms with Gasteiger partial charge in [-0.3, -0.25) is 9.59 Å². The number of anilines is 1. The van der Waals surface area contributed by atoms with Gasteiger partial charge in [-0.2, -0.15) is 13.2 Å². The number of carbonyl (C=O) groups excluding carboxylic acids is 1. The predicted molar refractivity (Wildman–Crippen MR) is 92.4 cm³/mol. The van der Waals surface area contributed by atoms with Crippen molar-refractivity contribution in [2.24, 2.45) is 0 Å². The Morgan fingerprint density at radius 3 is 2.69 bits per heavy atom. The summed E-state index contributed by atoms with van der Waals surface area (Å²) in [6, 6.07) is 5.00. The number of nitrogens with one attached hydrogen (secondary N) is 2. The Labute approximate surface area is 151 Å². The number of hydrogen-bond donors (Lipinski definition) is 2. The summed E-state index contributed by atoms with van der Waals surface area (Å²) >= 11 is 1.32. The number of hydrogen-bond acceptors (Lipinski definition) is 4. The van der Waals surface area contributed by atoms with E-state index in [1.807, 2.05) is 6.92 Å². The van der Waals surface area contributed by atoms with E-state index in [0.29, 0.717) is 5.16 Å². The first-order valence-electron chi connectivity index (χ1n) is 8.04. The zero-order valence-electron chi connectivity index (χ0n) is 13.8. The maximum absolute atomic E-state index is 13.4. The molecule has 1 aromatic heterocycles. The minimum Gasteiger partial charge on any atom is -0.310 e. The van der Waals surface area contributed by atoms with Crippen molar-refractivity contribution in [2.45, 2.75) is 37.0 Å². The number of H-pyrrole nitrogens is 1. The second kappa shape index (κ2) is 7.14. The third-order valence-corrected chi connectivity index (χ3v) is 5.09. The predicted octanol–water partition coefficient (Wildman–Crippen LogP) is 3.76. The third-order valence-electron chi connectivity index (χ3n) is 4.01. The quantitative estimate of drug-likeness (QED) is 0.623. The molecule has 5 nitrogen and oxygen atoms in total. The van der Waals surface area contributed by atoms with E-state index in [-0.39, 0.29) is 23.4 Å². The van der Waals surface area contributed by atoms with E-state index in [1.54, 1.807) is 0 Å². The van der Waals surface area contributed by atoms with Gasteiger partial charge in [-0.1, -0.05) is 36.9 Å². The Morgan fingerprint density at radius 2 is 2.00 bits per heavy atom. The molecule has 0 fully saturated rings. The van der Waals surface area contributed by atoms with Gasteiger partial charge >= 0.3 is 6.18 Å². The molecule has 0 radical (unpaired) electrons. The molecule has 1 atom stereocenters. The summed E-state index contributed by atoms with van der Waals surface area (Å²) in [5, 5.41) is 2.84. The van der Waals surface area contributed by atoms with Crippen molar-refractivity contribution in [3.63, 3.8) is 0 Å². The Bertz CT molecular complexity index is 896. The number of thioether (sulfide) groups is 1. The van der Waals surface area contributed by atoms with Crippen molar-refractivity contribution in [2.75, 3.05) is 11.1 Å². The van der Waals surface area contributed by atoms with Gasteiger partial charge in [-0.15, -0.1) is 0 Å². The lowest BCUT2D eigenvalue weighted by Gasteiger charge is -2.26. The molecule has 1 aromatic carbocycles. The van der Waals surface area contributed by atoms with Gasteiger partial charge in [0, 0.05) is 18.1 Å². The molecule has 3 rings (SSSR count). The van der Waals surface area contributed by atoms with Crippen LogP contribution in [0.2, 0.25) is 0 Å². The first-order chi connectivity index (χ1) is 12.3. The maximum Gasteiger partial charge on any atom is 0.416 e. The van der Waals surface area contributed by atoms with Crippen LogP contribution in [0.5, 0.6) is 0 Å². The minimum atomic E-state index is -4.58. The molecule has 2 heterocycles. The summed E-state index contributed by atoms with van der Waals surface area (Å²) in [4.78, 5) is 31.4. The van der Waals surface area contributed by atoms with E-state index >= 15 is 0 Å².